The lowest BCUT2D eigenvalue weighted by atomic mass is 10.3. The maximum absolute atomic E-state index is 10.5. The van der Waals surface area contributed by atoms with Gasteiger partial charge >= 0.3 is 0 Å². The molecule has 0 spiro atoms. The van der Waals surface area contributed by atoms with E-state index in [1.807, 2.05) is 20.8 Å². The Morgan fingerprint density at radius 3 is 2.30 bits per heavy atom. The molecule has 1 saturated heterocycles. The molecule has 0 atom stereocenters. The van der Waals surface area contributed by atoms with Crippen LogP contribution in [0.3, 0.4) is 0 Å². The highest BCUT2D eigenvalue weighted by molar-refractivity contribution is 7.13. The van der Waals surface area contributed by atoms with E-state index in [1.54, 1.807) is 23.8 Å². The van der Waals surface area contributed by atoms with Crippen LogP contribution in [0.25, 0.3) is 0 Å². The number of ether oxygens (including phenoxy) is 1. The second-order valence-electron chi connectivity index (χ2n) is 4.04. The molecule has 1 aliphatic heterocycles. The lowest BCUT2D eigenvalue weighted by Crippen LogP contribution is -2.44. The minimum absolute atomic E-state index is 0.545. The van der Waals surface area contributed by atoms with E-state index in [1.165, 1.54) is 0 Å². The van der Waals surface area contributed by atoms with E-state index in [0.717, 1.165) is 44.2 Å². The van der Waals surface area contributed by atoms with Crippen molar-refractivity contribution >= 4 is 22.8 Å². The highest BCUT2D eigenvalue weighted by Gasteiger charge is 2.16. The number of carbonyl (C=O) groups is 1. The first-order valence-corrected chi connectivity index (χ1v) is 7.92. The number of piperazine rings is 1. The van der Waals surface area contributed by atoms with Crippen molar-refractivity contribution in [2.24, 2.45) is 0 Å². The monoisotopic (exact) mass is 301 g/mol. The molecule has 1 fully saturated rings. The van der Waals surface area contributed by atoms with Gasteiger partial charge in [0.2, 0.25) is 0 Å². The second kappa shape index (κ2) is 11.8. The van der Waals surface area contributed by atoms with E-state index in [4.69, 9.17) is 0 Å². The maximum atomic E-state index is 10.5. The fourth-order valence-corrected chi connectivity index (χ4v) is 2.30. The summed E-state index contributed by atoms with van der Waals surface area (Å²) in [6.45, 7) is 10.9. The van der Waals surface area contributed by atoms with Gasteiger partial charge in [-0.15, -0.1) is 11.3 Å². The van der Waals surface area contributed by atoms with E-state index in [0.29, 0.717) is 5.69 Å². The summed E-state index contributed by atoms with van der Waals surface area (Å²) in [5.74, 6) is 0. The molecule has 1 aliphatic rings. The molecule has 0 saturated carbocycles. The van der Waals surface area contributed by atoms with E-state index < -0.39 is 0 Å². The molecule has 0 amide bonds. The van der Waals surface area contributed by atoms with Gasteiger partial charge in [-0.05, 0) is 14.0 Å². The molecule has 1 aromatic rings. The molecule has 1 aromatic heterocycles. The van der Waals surface area contributed by atoms with E-state index in [2.05, 4.69) is 26.6 Å². The van der Waals surface area contributed by atoms with Gasteiger partial charge in [-0.25, -0.2) is 4.98 Å². The van der Waals surface area contributed by atoms with E-state index >= 15 is 0 Å². The van der Waals surface area contributed by atoms with Gasteiger partial charge in [-0.2, -0.15) is 0 Å². The predicted molar refractivity (Wildman–Crippen MR) is 86.1 cm³/mol. The van der Waals surface area contributed by atoms with Crippen LogP contribution >= 0.6 is 11.3 Å². The lowest BCUT2D eigenvalue weighted by Gasteiger charge is -2.32. The van der Waals surface area contributed by atoms with Crippen molar-refractivity contribution in [3.05, 3.63) is 11.1 Å². The fourth-order valence-electron chi connectivity index (χ4n) is 1.47. The fraction of sp³-hybridized carbons (Fsp3) is 0.714. The molecule has 0 N–H and O–H groups in total. The van der Waals surface area contributed by atoms with Crippen LogP contribution in [0.15, 0.2) is 5.38 Å². The highest BCUT2D eigenvalue weighted by atomic mass is 32.1. The Morgan fingerprint density at radius 2 is 1.90 bits per heavy atom. The zero-order chi connectivity index (χ0) is 15.4. The van der Waals surface area contributed by atoms with Gasteiger partial charge in [0.1, 0.15) is 5.69 Å². The topological polar surface area (TPSA) is 45.7 Å². The number of thiazole rings is 1. The molecule has 5 nitrogen and oxygen atoms in total. The number of methoxy groups -OCH3 is 1. The first-order valence-electron chi connectivity index (χ1n) is 7.04. The predicted octanol–water partition coefficient (Wildman–Crippen LogP) is 2.39. The highest BCUT2D eigenvalue weighted by Crippen LogP contribution is 2.20. The van der Waals surface area contributed by atoms with Crippen LogP contribution in [-0.2, 0) is 4.74 Å². The zero-order valence-electron chi connectivity index (χ0n) is 13.3. The molecule has 2 heterocycles. The molecule has 20 heavy (non-hydrogen) atoms. The number of rotatable bonds is 3. The van der Waals surface area contributed by atoms with Crippen molar-refractivity contribution in [1.82, 2.24) is 9.88 Å². The van der Waals surface area contributed by atoms with Gasteiger partial charge in [0.15, 0.2) is 11.4 Å². The van der Waals surface area contributed by atoms with E-state index in [-0.39, 0.29) is 0 Å². The normalized spacial score (nSPS) is 14.8. The minimum Gasteiger partial charge on any atom is -0.385 e. The molecule has 6 heteroatoms. The summed E-state index contributed by atoms with van der Waals surface area (Å²) in [6.07, 6.45) is 0.802. The molecule has 0 bridgehead atoms. The average molecular weight is 301 g/mol. The van der Waals surface area contributed by atoms with E-state index in [9.17, 15) is 4.79 Å². The van der Waals surface area contributed by atoms with Gasteiger partial charge in [-0.3, -0.25) is 4.79 Å². The number of hydrogen-bond donors (Lipinski definition) is 0. The van der Waals surface area contributed by atoms with Crippen molar-refractivity contribution in [1.29, 1.82) is 0 Å². The summed E-state index contributed by atoms with van der Waals surface area (Å²) in [7, 11) is 3.80. The quantitative estimate of drug-likeness (QED) is 0.802. The third-order valence-corrected chi connectivity index (χ3v) is 3.61. The Hall–Kier alpha value is -0.980. The molecule has 0 unspecified atom stereocenters. The molecule has 0 aromatic carbocycles. The first kappa shape index (κ1) is 19.0. The molecular weight excluding hydrogens is 274 g/mol. The third-order valence-electron chi connectivity index (χ3n) is 2.69. The van der Waals surface area contributed by atoms with Gasteiger partial charge < -0.3 is 14.5 Å². The van der Waals surface area contributed by atoms with Crippen LogP contribution in [0, 0.1) is 0 Å². The molecule has 116 valence electrons. The largest absolute Gasteiger partial charge is 0.385 e. The summed E-state index contributed by atoms with van der Waals surface area (Å²) in [4.78, 5) is 19.2. The maximum Gasteiger partial charge on any atom is 0.186 e. The summed E-state index contributed by atoms with van der Waals surface area (Å²) in [6, 6.07) is 0. The summed E-state index contributed by atoms with van der Waals surface area (Å²) >= 11 is 1.55. The number of aromatic nitrogens is 1. The van der Waals surface area contributed by atoms with Crippen LogP contribution in [0.4, 0.5) is 5.13 Å². The number of hydrogen-bond acceptors (Lipinski definition) is 6. The van der Waals surface area contributed by atoms with Crippen LogP contribution < -0.4 is 4.90 Å². The summed E-state index contributed by atoms with van der Waals surface area (Å²) in [5, 5.41) is 2.78. The average Bonchev–Trinajstić information content (AvgIpc) is 2.99. The Morgan fingerprint density at radius 1 is 1.35 bits per heavy atom. The zero-order valence-corrected chi connectivity index (χ0v) is 14.1. The number of aldehydes is 1. The Balaban J connectivity index is 0.000000521. The number of likely N-dealkylation sites (N-methyl/N-ethyl adjacent to an activating group) is 1. The van der Waals surface area contributed by atoms with Crippen LogP contribution in [0.1, 0.15) is 31.3 Å². The second-order valence-corrected chi connectivity index (χ2v) is 4.88. The molecule has 0 aliphatic carbocycles. The van der Waals surface area contributed by atoms with Gasteiger partial charge in [-0.1, -0.05) is 13.8 Å². The van der Waals surface area contributed by atoms with Crippen molar-refractivity contribution in [2.45, 2.75) is 20.8 Å². The molecule has 0 radical (unpaired) electrons. The van der Waals surface area contributed by atoms with Gasteiger partial charge in [0.05, 0.1) is 0 Å². The number of anilines is 1. The van der Waals surface area contributed by atoms with Crippen LogP contribution in [0.5, 0.6) is 0 Å². The molecular formula is C14H27N3O2S. The van der Waals surface area contributed by atoms with Gasteiger partial charge in [0.25, 0.3) is 0 Å². The van der Waals surface area contributed by atoms with Crippen LogP contribution in [-0.4, -0.2) is 63.1 Å². The van der Waals surface area contributed by atoms with Gasteiger partial charge in [0, 0.05) is 45.3 Å². The van der Waals surface area contributed by atoms with Crippen LogP contribution in [0.2, 0.25) is 0 Å². The van der Waals surface area contributed by atoms with Crippen molar-refractivity contribution < 1.29 is 9.53 Å². The lowest BCUT2D eigenvalue weighted by molar-refractivity contribution is 0.111. The summed E-state index contributed by atoms with van der Waals surface area (Å²) < 4.78 is 4.54. The Kier molecular flexibility index (Phi) is 11.2. The SMILES string of the molecule is CC.CCOC.CN1CCN(c2nc(C=O)cs2)CC1. The Bertz CT molecular complexity index is 348. The smallest absolute Gasteiger partial charge is 0.186 e. The van der Waals surface area contributed by atoms with Crippen molar-refractivity contribution in [3.8, 4) is 0 Å². The van der Waals surface area contributed by atoms with Crippen molar-refractivity contribution in [2.75, 3.05) is 51.8 Å². The minimum atomic E-state index is 0.545. The number of nitrogens with zero attached hydrogens (tertiary/aromatic N) is 3. The first-order chi connectivity index (χ1) is 9.71. The van der Waals surface area contributed by atoms with Crippen molar-refractivity contribution in [3.63, 3.8) is 0 Å². The standard InChI is InChI=1S/C9H13N3OS.C3H8O.C2H6/c1-11-2-4-12(5-3-11)9-10-8(6-13)7-14-9;1-3-4-2;1-2/h6-7H,2-5H2,1H3;3H2,1-2H3;1-2H3. The molecule has 2 rings (SSSR count). The third kappa shape index (κ3) is 6.98. The Labute approximate surface area is 126 Å². The summed E-state index contributed by atoms with van der Waals surface area (Å²) in [5.41, 5.74) is 0.545. The number of carbonyl (C=O) groups excluding carboxylic acids is 1.